The van der Waals surface area contributed by atoms with Crippen LogP contribution in [0.5, 0.6) is 0 Å². The molecule has 12 heteroatoms. The third-order valence-electron chi connectivity index (χ3n) is 9.02. The van der Waals surface area contributed by atoms with Crippen molar-refractivity contribution in [2.24, 2.45) is 5.92 Å². The Labute approximate surface area is 269 Å². The van der Waals surface area contributed by atoms with Crippen LogP contribution in [-0.2, 0) is 20.7 Å². The summed E-state index contributed by atoms with van der Waals surface area (Å²) >= 11 is 6.04. The minimum absolute atomic E-state index is 0. The topological polar surface area (TPSA) is 73.3 Å². The lowest BCUT2D eigenvalue weighted by molar-refractivity contribution is -0.147. The fraction of sp³-hybridized carbons (Fsp3) is 0.548. The molecule has 1 N–H and O–H groups in total. The Kier molecular flexibility index (Phi) is 12.6. The highest BCUT2D eigenvalue weighted by Gasteiger charge is 2.45. The van der Waals surface area contributed by atoms with Gasteiger partial charge in [0.25, 0.3) is 0 Å². The zero-order valence-corrected chi connectivity index (χ0v) is 26.8. The van der Waals surface area contributed by atoms with Gasteiger partial charge >= 0.3 is 5.97 Å². The first-order valence-electron chi connectivity index (χ1n) is 14.4. The number of carbonyl (C=O) groups is 2. The SMILES string of the molecule is Cc1ccc(CC(C(=O)O)N2CCN(C(=O)[C@@H]3CN(C4CCOCC4)C[C@H]3c3ccc(Cl)cc3F)[C@@H](C)C2)c(F)c1.Cl.Cl. The predicted molar refractivity (Wildman–Crippen MR) is 167 cm³/mol. The molecule has 0 aromatic heterocycles. The second-order valence-electron chi connectivity index (χ2n) is 11.7. The second-order valence-corrected chi connectivity index (χ2v) is 12.1. The molecule has 0 spiro atoms. The summed E-state index contributed by atoms with van der Waals surface area (Å²) in [6, 6.07) is 8.63. The Hall–Kier alpha value is -2.01. The van der Waals surface area contributed by atoms with Gasteiger partial charge in [-0.15, -0.1) is 24.8 Å². The molecule has 1 unspecified atom stereocenters. The molecule has 5 rings (SSSR count). The average molecular weight is 663 g/mol. The Morgan fingerprint density at radius 2 is 1.74 bits per heavy atom. The van der Waals surface area contributed by atoms with E-state index in [2.05, 4.69) is 4.90 Å². The van der Waals surface area contributed by atoms with Gasteiger partial charge in [0, 0.05) is 75.4 Å². The molecule has 0 aliphatic carbocycles. The van der Waals surface area contributed by atoms with Crippen molar-refractivity contribution in [3.05, 3.63) is 69.7 Å². The molecule has 3 aliphatic rings. The number of benzene rings is 2. The molecule has 3 fully saturated rings. The number of carboxylic acid groups (broad SMARTS) is 1. The van der Waals surface area contributed by atoms with Crippen LogP contribution in [0.4, 0.5) is 8.78 Å². The molecule has 3 saturated heterocycles. The molecular formula is C31H40Cl3F2N3O4. The van der Waals surface area contributed by atoms with Crippen LogP contribution in [-0.4, -0.2) is 95.7 Å². The first-order chi connectivity index (χ1) is 19.6. The number of hydrogen-bond donors (Lipinski definition) is 1. The number of likely N-dealkylation sites (tertiary alicyclic amines) is 1. The number of hydrogen-bond acceptors (Lipinski definition) is 5. The Balaban J connectivity index is 0.00000253. The molecular weight excluding hydrogens is 623 g/mol. The van der Waals surface area contributed by atoms with Crippen LogP contribution in [0, 0.1) is 24.5 Å². The van der Waals surface area contributed by atoms with Crippen LogP contribution < -0.4 is 0 Å². The van der Waals surface area contributed by atoms with E-state index in [4.69, 9.17) is 16.3 Å². The third-order valence-corrected chi connectivity index (χ3v) is 9.26. The third kappa shape index (κ3) is 7.99. The highest BCUT2D eigenvalue weighted by atomic mass is 35.5. The van der Waals surface area contributed by atoms with Crippen LogP contribution in [0.15, 0.2) is 36.4 Å². The minimum atomic E-state index is -1.02. The van der Waals surface area contributed by atoms with E-state index in [1.165, 1.54) is 12.1 Å². The van der Waals surface area contributed by atoms with Crippen molar-refractivity contribution in [3.63, 3.8) is 0 Å². The van der Waals surface area contributed by atoms with E-state index in [0.29, 0.717) is 62.1 Å². The summed E-state index contributed by atoms with van der Waals surface area (Å²) in [6.45, 7) is 7.24. The first-order valence-corrected chi connectivity index (χ1v) is 14.8. The number of aliphatic carboxylic acids is 1. The molecule has 4 atom stereocenters. The molecule has 1 amide bonds. The number of halogens is 5. The molecule has 2 aromatic carbocycles. The molecule has 2 aromatic rings. The maximum atomic E-state index is 15.1. The fourth-order valence-corrected chi connectivity index (χ4v) is 6.92. The van der Waals surface area contributed by atoms with E-state index >= 15 is 4.39 Å². The largest absolute Gasteiger partial charge is 0.480 e. The van der Waals surface area contributed by atoms with Crippen molar-refractivity contribution >= 4 is 48.3 Å². The standard InChI is InChI=1S/C31H38ClF2N3O4.2ClH/c1-19-3-4-21(27(33)13-19)14-29(31(39)40)35-9-10-37(20(2)16-35)30(38)26-18-36(23-7-11-41-12-8-23)17-25(26)24-6-5-22(32)15-28(24)34;;/h3-6,13,15,20,23,25-26,29H,7-12,14,16-18H2,1-2H3,(H,39,40);2*1H/t20-,25-,26+,29?;;/m0../s1. The lowest BCUT2D eigenvalue weighted by atomic mass is 9.87. The average Bonchev–Trinajstić information content (AvgIpc) is 3.38. The summed E-state index contributed by atoms with van der Waals surface area (Å²) < 4.78 is 35.2. The predicted octanol–water partition coefficient (Wildman–Crippen LogP) is 5.19. The highest BCUT2D eigenvalue weighted by molar-refractivity contribution is 6.30. The quantitative estimate of drug-likeness (QED) is 0.440. The normalized spacial score (nSPS) is 24.2. The van der Waals surface area contributed by atoms with Crippen LogP contribution in [0.25, 0.3) is 0 Å². The van der Waals surface area contributed by atoms with Crippen molar-refractivity contribution in [2.45, 2.75) is 57.2 Å². The summed E-state index contributed by atoms with van der Waals surface area (Å²) in [5, 5.41) is 10.3. The number of piperazine rings is 1. The smallest absolute Gasteiger partial charge is 0.321 e. The highest BCUT2D eigenvalue weighted by Crippen LogP contribution is 2.39. The van der Waals surface area contributed by atoms with Gasteiger partial charge in [-0.2, -0.15) is 0 Å². The van der Waals surface area contributed by atoms with E-state index in [9.17, 15) is 19.1 Å². The van der Waals surface area contributed by atoms with Crippen molar-refractivity contribution in [2.75, 3.05) is 45.9 Å². The Morgan fingerprint density at radius 1 is 1.02 bits per heavy atom. The lowest BCUT2D eigenvalue weighted by Gasteiger charge is -2.43. The lowest BCUT2D eigenvalue weighted by Crippen LogP contribution is -2.59. The maximum Gasteiger partial charge on any atom is 0.321 e. The maximum absolute atomic E-state index is 15.1. The van der Waals surface area contributed by atoms with E-state index in [0.717, 1.165) is 18.4 Å². The molecule has 0 saturated carbocycles. The number of carbonyl (C=O) groups excluding carboxylic acids is 1. The Morgan fingerprint density at radius 3 is 2.37 bits per heavy atom. The van der Waals surface area contributed by atoms with Gasteiger partial charge in [-0.3, -0.25) is 19.4 Å². The van der Waals surface area contributed by atoms with Crippen LogP contribution in [0.2, 0.25) is 5.02 Å². The van der Waals surface area contributed by atoms with Gasteiger partial charge in [0.1, 0.15) is 17.7 Å². The van der Waals surface area contributed by atoms with Crippen molar-refractivity contribution in [3.8, 4) is 0 Å². The molecule has 3 heterocycles. The van der Waals surface area contributed by atoms with E-state index < -0.39 is 29.6 Å². The number of rotatable bonds is 7. The van der Waals surface area contributed by atoms with Crippen LogP contribution in [0.1, 0.15) is 42.4 Å². The molecule has 0 bridgehead atoms. The second kappa shape index (κ2) is 15.3. The number of carboxylic acids is 1. The number of amides is 1. The van der Waals surface area contributed by atoms with E-state index in [1.54, 1.807) is 31.2 Å². The zero-order chi connectivity index (χ0) is 29.3. The van der Waals surface area contributed by atoms with Gasteiger partial charge in [-0.1, -0.05) is 29.8 Å². The summed E-state index contributed by atoms with van der Waals surface area (Å²) in [6.07, 6.45) is 1.80. The summed E-state index contributed by atoms with van der Waals surface area (Å²) in [5.74, 6) is -2.61. The van der Waals surface area contributed by atoms with Gasteiger partial charge < -0.3 is 14.7 Å². The van der Waals surface area contributed by atoms with Crippen LogP contribution >= 0.6 is 36.4 Å². The summed E-state index contributed by atoms with van der Waals surface area (Å²) in [7, 11) is 0. The molecule has 7 nitrogen and oxygen atoms in total. The first kappa shape index (κ1) is 35.5. The zero-order valence-electron chi connectivity index (χ0n) is 24.4. The van der Waals surface area contributed by atoms with E-state index in [-0.39, 0.29) is 55.1 Å². The van der Waals surface area contributed by atoms with Gasteiger partial charge in [0.2, 0.25) is 5.91 Å². The van der Waals surface area contributed by atoms with Crippen LogP contribution in [0.3, 0.4) is 0 Å². The Bertz CT molecular complexity index is 1280. The van der Waals surface area contributed by atoms with Gasteiger partial charge in [0.05, 0.1) is 5.92 Å². The molecule has 238 valence electrons. The van der Waals surface area contributed by atoms with Crippen molar-refractivity contribution in [1.29, 1.82) is 0 Å². The van der Waals surface area contributed by atoms with Crippen molar-refractivity contribution < 1.29 is 28.2 Å². The number of nitrogens with zero attached hydrogens (tertiary/aromatic N) is 3. The minimum Gasteiger partial charge on any atom is -0.480 e. The number of ether oxygens (including phenoxy) is 1. The molecule has 3 aliphatic heterocycles. The summed E-state index contributed by atoms with van der Waals surface area (Å²) in [4.78, 5) is 32.3. The van der Waals surface area contributed by atoms with Crippen molar-refractivity contribution in [1.82, 2.24) is 14.7 Å². The van der Waals surface area contributed by atoms with E-state index in [1.807, 2.05) is 16.7 Å². The van der Waals surface area contributed by atoms with Gasteiger partial charge in [-0.25, -0.2) is 8.78 Å². The fourth-order valence-electron chi connectivity index (χ4n) is 6.76. The monoisotopic (exact) mass is 661 g/mol. The van der Waals surface area contributed by atoms with Gasteiger partial charge in [-0.05, 0) is 61.6 Å². The number of aryl methyl sites for hydroxylation is 1. The molecule has 0 radical (unpaired) electrons. The molecule has 43 heavy (non-hydrogen) atoms. The summed E-state index contributed by atoms with van der Waals surface area (Å²) in [5.41, 5.74) is 1.64. The van der Waals surface area contributed by atoms with Gasteiger partial charge in [0.15, 0.2) is 0 Å².